The molecule has 0 atom stereocenters. The zero-order valence-corrected chi connectivity index (χ0v) is 6.86. The van der Waals surface area contributed by atoms with Crippen molar-refractivity contribution in [2.24, 2.45) is 0 Å². The summed E-state index contributed by atoms with van der Waals surface area (Å²) >= 11 is 5.63. The van der Waals surface area contributed by atoms with E-state index in [0.29, 0.717) is 10.6 Å². The second kappa shape index (κ2) is 3.69. The van der Waals surface area contributed by atoms with Crippen LogP contribution in [0.5, 0.6) is 0 Å². The van der Waals surface area contributed by atoms with Gasteiger partial charge in [-0.2, -0.15) is 0 Å². The number of rotatable bonds is 2. The molecule has 0 fully saturated rings. The lowest BCUT2D eigenvalue weighted by Gasteiger charge is -2.00. The van der Waals surface area contributed by atoms with Gasteiger partial charge in [0.05, 0.1) is 6.61 Å². The molecule has 0 N–H and O–H groups in total. The molecule has 0 unspecified atom stereocenters. The van der Waals surface area contributed by atoms with Gasteiger partial charge in [-0.15, -0.1) is 0 Å². The molecule has 0 heterocycles. The Kier molecular flexibility index (Phi) is 2.85. The van der Waals surface area contributed by atoms with Crippen LogP contribution in [0.2, 0.25) is 5.02 Å². The molecular formula is C8H8ClFO. The third kappa shape index (κ3) is 2.17. The number of methoxy groups -OCH3 is 1. The second-order valence-electron chi connectivity index (χ2n) is 2.17. The second-order valence-corrected chi connectivity index (χ2v) is 2.61. The first-order valence-electron chi connectivity index (χ1n) is 3.17. The monoisotopic (exact) mass is 174 g/mol. The maximum atomic E-state index is 12.8. The van der Waals surface area contributed by atoms with Gasteiger partial charge in [0, 0.05) is 17.7 Å². The molecule has 0 aromatic heterocycles. The molecule has 11 heavy (non-hydrogen) atoms. The number of hydrogen-bond donors (Lipinski definition) is 0. The van der Waals surface area contributed by atoms with Gasteiger partial charge in [-0.1, -0.05) is 11.6 Å². The highest BCUT2D eigenvalue weighted by atomic mass is 35.5. The molecule has 3 heteroatoms. The number of ether oxygens (including phenoxy) is 1. The van der Waals surface area contributed by atoms with Crippen molar-refractivity contribution in [1.29, 1.82) is 0 Å². The SMILES string of the molecule is COCc1cc(Cl)ccc1F. The minimum atomic E-state index is -0.281. The van der Waals surface area contributed by atoms with Gasteiger partial charge < -0.3 is 4.74 Å². The van der Waals surface area contributed by atoms with E-state index in [4.69, 9.17) is 16.3 Å². The van der Waals surface area contributed by atoms with Crippen molar-refractivity contribution in [3.63, 3.8) is 0 Å². The highest BCUT2D eigenvalue weighted by Gasteiger charge is 2.00. The highest BCUT2D eigenvalue weighted by Crippen LogP contribution is 2.15. The van der Waals surface area contributed by atoms with Crippen LogP contribution in [0.25, 0.3) is 0 Å². The van der Waals surface area contributed by atoms with Crippen molar-refractivity contribution in [2.75, 3.05) is 7.11 Å². The Morgan fingerprint density at radius 3 is 2.91 bits per heavy atom. The molecule has 1 aromatic rings. The van der Waals surface area contributed by atoms with Crippen molar-refractivity contribution in [3.05, 3.63) is 34.6 Å². The van der Waals surface area contributed by atoms with Crippen molar-refractivity contribution >= 4 is 11.6 Å². The van der Waals surface area contributed by atoms with Crippen LogP contribution >= 0.6 is 11.6 Å². The minimum Gasteiger partial charge on any atom is -0.380 e. The lowest BCUT2D eigenvalue weighted by Crippen LogP contribution is -1.91. The maximum Gasteiger partial charge on any atom is 0.128 e. The molecule has 0 radical (unpaired) electrons. The lowest BCUT2D eigenvalue weighted by molar-refractivity contribution is 0.181. The molecule has 0 saturated heterocycles. The predicted octanol–water partition coefficient (Wildman–Crippen LogP) is 2.63. The van der Waals surface area contributed by atoms with Crippen molar-refractivity contribution in [2.45, 2.75) is 6.61 Å². The van der Waals surface area contributed by atoms with Gasteiger partial charge >= 0.3 is 0 Å². The Balaban J connectivity index is 2.93. The van der Waals surface area contributed by atoms with Crippen LogP contribution in [-0.4, -0.2) is 7.11 Å². The van der Waals surface area contributed by atoms with E-state index in [1.807, 2.05) is 0 Å². The van der Waals surface area contributed by atoms with Crippen LogP contribution in [-0.2, 0) is 11.3 Å². The van der Waals surface area contributed by atoms with Crippen LogP contribution in [0.3, 0.4) is 0 Å². The molecule has 0 spiro atoms. The van der Waals surface area contributed by atoms with Gasteiger partial charge in [0.1, 0.15) is 5.82 Å². The van der Waals surface area contributed by atoms with Crippen LogP contribution in [0.15, 0.2) is 18.2 Å². The highest BCUT2D eigenvalue weighted by molar-refractivity contribution is 6.30. The summed E-state index contributed by atoms with van der Waals surface area (Å²) in [5, 5.41) is 0.526. The summed E-state index contributed by atoms with van der Waals surface area (Å²) in [6.45, 7) is 0.256. The minimum absolute atomic E-state index is 0.256. The van der Waals surface area contributed by atoms with Crippen LogP contribution < -0.4 is 0 Å². The summed E-state index contributed by atoms with van der Waals surface area (Å²) in [5.74, 6) is -0.281. The zero-order valence-electron chi connectivity index (χ0n) is 6.10. The van der Waals surface area contributed by atoms with Gasteiger partial charge in [-0.05, 0) is 18.2 Å². The van der Waals surface area contributed by atoms with E-state index < -0.39 is 0 Å². The van der Waals surface area contributed by atoms with Gasteiger partial charge in [-0.25, -0.2) is 4.39 Å². The molecule has 0 saturated carbocycles. The Bertz CT molecular complexity index is 250. The molecule has 0 aliphatic heterocycles. The summed E-state index contributed by atoms with van der Waals surface area (Å²) in [7, 11) is 1.51. The normalized spacial score (nSPS) is 10.1. The predicted molar refractivity (Wildman–Crippen MR) is 42.1 cm³/mol. The summed E-state index contributed by atoms with van der Waals surface area (Å²) < 4.78 is 17.6. The van der Waals surface area contributed by atoms with Gasteiger partial charge in [0.15, 0.2) is 0 Å². The summed E-state index contributed by atoms with van der Waals surface area (Å²) in [5.41, 5.74) is 0.486. The van der Waals surface area contributed by atoms with E-state index in [-0.39, 0.29) is 12.4 Å². The number of halogens is 2. The first kappa shape index (κ1) is 8.50. The third-order valence-electron chi connectivity index (χ3n) is 1.31. The molecule has 0 bridgehead atoms. The topological polar surface area (TPSA) is 9.23 Å². The largest absolute Gasteiger partial charge is 0.380 e. The first-order valence-corrected chi connectivity index (χ1v) is 3.54. The van der Waals surface area contributed by atoms with Gasteiger partial charge in [0.25, 0.3) is 0 Å². The Morgan fingerprint density at radius 2 is 2.27 bits per heavy atom. The van der Waals surface area contributed by atoms with E-state index >= 15 is 0 Å². The standard InChI is InChI=1S/C8H8ClFO/c1-11-5-6-4-7(9)2-3-8(6)10/h2-4H,5H2,1H3. The molecule has 0 aliphatic carbocycles. The van der Waals surface area contributed by atoms with Gasteiger partial charge in [0.2, 0.25) is 0 Å². The molecular weight excluding hydrogens is 167 g/mol. The summed E-state index contributed by atoms with van der Waals surface area (Å²) in [6, 6.07) is 4.40. The molecule has 1 rings (SSSR count). The van der Waals surface area contributed by atoms with E-state index in [1.54, 1.807) is 6.07 Å². The fraction of sp³-hybridized carbons (Fsp3) is 0.250. The molecule has 1 nitrogen and oxygen atoms in total. The average Bonchev–Trinajstić information content (AvgIpc) is 1.98. The number of hydrogen-bond acceptors (Lipinski definition) is 1. The average molecular weight is 175 g/mol. The van der Waals surface area contributed by atoms with Crippen LogP contribution in [0.4, 0.5) is 4.39 Å². The Hall–Kier alpha value is -0.600. The van der Waals surface area contributed by atoms with E-state index in [9.17, 15) is 4.39 Å². The van der Waals surface area contributed by atoms with E-state index in [1.165, 1.54) is 19.2 Å². The molecule has 0 aliphatic rings. The summed E-state index contributed by atoms with van der Waals surface area (Å²) in [6.07, 6.45) is 0. The molecule has 60 valence electrons. The maximum absolute atomic E-state index is 12.8. The van der Waals surface area contributed by atoms with Gasteiger partial charge in [-0.3, -0.25) is 0 Å². The Labute approximate surface area is 69.7 Å². The van der Waals surface area contributed by atoms with E-state index in [2.05, 4.69) is 0 Å². The molecule has 1 aromatic carbocycles. The molecule has 0 amide bonds. The summed E-state index contributed by atoms with van der Waals surface area (Å²) in [4.78, 5) is 0. The fourth-order valence-corrected chi connectivity index (χ4v) is 1.00. The number of benzene rings is 1. The first-order chi connectivity index (χ1) is 5.24. The van der Waals surface area contributed by atoms with Crippen molar-refractivity contribution in [3.8, 4) is 0 Å². The zero-order chi connectivity index (χ0) is 8.27. The van der Waals surface area contributed by atoms with Crippen molar-refractivity contribution in [1.82, 2.24) is 0 Å². The third-order valence-corrected chi connectivity index (χ3v) is 1.54. The Morgan fingerprint density at radius 1 is 1.55 bits per heavy atom. The lowest BCUT2D eigenvalue weighted by atomic mass is 10.2. The van der Waals surface area contributed by atoms with Crippen LogP contribution in [0, 0.1) is 5.82 Å². The van der Waals surface area contributed by atoms with Crippen molar-refractivity contribution < 1.29 is 9.13 Å². The van der Waals surface area contributed by atoms with Crippen LogP contribution in [0.1, 0.15) is 5.56 Å². The quantitative estimate of drug-likeness (QED) is 0.670. The smallest absolute Gasteiger partial charge is 0.128 e. The fourth-order valence-electron chi connectivity index (χ4n) is 0.809. The van der Waals surface area contributed by atoms with E-state index in [0.717, 1.165) is 0 Å².